The zero-order chi connectivity index (χ0) is 19.0. The van der Waals surface area contributed by atoms with E-state index in [0.29, 0.717) is 12.4 Å². The molecule has 0 spiro atoms. The summed E-state index contributed by atoms with van der Waals surface area (Å²) in [5, 5.41) is 0. The summed E-state index contributed by atoms with van der Waals surface area (Å²) in [5.41, 5.74) is 7.84. The van der Waals surface area contributed by atoms with Gasteiger partial charge in [-0.25, -0.2) is 4.98 Å². The van der Waals surface area contributed by atoms with E-state index in [2.05, 4.69) is 48.9 Å². The lowest BCUT2D eigenvalue weighted by Crippen LogP contribution is -2.35. The van der Waals surface area contributed by atoms with Crippen LogP contribution in [0.3, 0.4) is 0 Å². The van der Waals surface area contributed by atoms with Crippen LogP contribution in [0.25, 0.3) is 11.4 Å². The van der Waals surface area contributed by atoms with Crippen molar-refractivity contribution < 1.29 is 0 Å². The maximum Gasteiger partial charge on any atom is 0.254 e. The van der Waals surface area contributed by atoms with Crippen LogP contribution >= 0.6 is 0 Å². The number of nitrogens with one attached hydrogen (secondary N) is 1. The molecule has 0 amide bonds. The van der Waals surface area contributed by atoms with E-state index < -0.39 is 0 Å². The predicted molar refractivity (Wildman–Crippen MR) is 109 cm³/mol. The summed E-state index contributed by atoms with van der Waals surface area (Å²) in [5.74, 6) is 0.659. The van der Waals surface area contributed by atoms with Crippen molar-refractivity contribution in [3.8, 4) is 11.4 Å². The van der Waals surface area contributed by atoms with Crippen LogP contribution in [0.2, 0.25) is 0 Å². The molecule has 2 heterocycles. The van der Waals surface area contributed by atoms with Gasteiger partial charge in [0.25, 0.3) is 5.56 Å². The molecular weight excluding hydrogens is 334 g/mol. The second-order valence-electron chi connectivity index (χ2n) is 7.59. The maximum absolute atomic E-state index is 12.6. The lowest BCUT2D eigenvalue weighted by Gasteiger charge is -2.28. The van der Waals surface area contributed by atoms with E-state index in [4.69, 9.17) is 4.98 Å². The fraction of sp³-hybridized carbons (Fsp3) is 0.304. The van der Waals surface area contributed by atoms with Crippen molar-refractivity contribution in [3.05, 3.63) is 86.3 Å². The Morgan fingerprint density at radius 2 is 1.81 bits per heavy atom. The number of benzene rings is 2. The Morgan fingerprint density at radius 1 is 1.04 bits per heavy atom. The Kier molecular flexibility index (Phi) is 4.66. The molecule has 4 heteroatoms. The lowest BCUT2D eigenvalue weighted by molar-refractivity contribution is 0.240. The number of aromatic nitrogens is 2. The number of rotatable bonds is 3. The summed E-state index contributed by atoms with van der Waals surface area (Å²) in [6.45, 7) is 8.82. The molecule has 0 aliphatic carbocycles. The Balaban J connectivity index is 1.60. The van der Waals surface area contributed by atoms with E-state index in [-0.39, 0.29) is 5.56 Å². The van der Waals surface area contributed by atoms with Gasteiger partial charge in [-0.05, 0) is 43.9 Å². The molecule has 0 saturated carbocycles. The van der Waals surface area contributed by atoms with Crippen molar-refractivity contribution in [1.29, 1.82) is 0 Å². The molecule has 0 fully saturated rings. The third-order valence-corrected chi connectivity index (χ3v) is 5.46. The molecule has 3 aromatic rings. The first-order valence-electron chi connectivity index (χ1n) is 9.47. The van der Waals surface area contributed by atoms with Crippen molar-refractivity contribution >= 4 is 0 Å². The highest BCUT2D eigenvalue weighted by atomic mass is 16.1. The van der Waals surface area contributed by atoms with E-state index in [1.807, 2.05) is 24.3 Å². The van der Waals surface area contributed by atoms with Crippen LogP contribution in [0.5, 0.6) is 0 Å². The number of nitrogens with zero attached hydrogens (tertiary/aromatic N) is 2. The van der Waals surface area contributed by atoms with Gasteiger partial charge in [-0.3, -0.25) is 9.69 Å². The molecule has 2 aromatic carbocycles. The van der Waals surface area contributed by atoms with Gasteiger partial charge in [-0.1, -0.05) is 48.0 Å². The van der Waals surface area contributed by atoms with Crippen LogP contribution in [0.4, 0.5) is 0 Å². The molecule has 0 bridgehead atoms. The fourth-order valence-corrected chi connectivity index (χ4v) is 3.64. The van der Waals surface area contributed by atoms with Gasteiger partial charge in [0.1, 0.15) is 5.82 Å². The smallest absolute Gasteiger partial charge is 0.254 e. The minimum absolute atomic E-state index is 0.00130. The van der Waals surface area contributed by atoms with Gasteiger partial charge in [-0.15, -0.1) is 0 Å². The first kappa shape index (κ1) is 17.7. The first-order valence-corrected chi connectivity index (χ1v) is 9.47. The van der Waals surface area contributed by atoms with E-state index in [1.54, 1.807) is 0 Å². The first-order chi connectivity index (χ1) is 13.0. The van der Waals surface area contributed by atoms with E-state index in [9.17, 15) is 4.79 Å². The van der Waals surface area contributed by atoms with Crippen LogP contribution in [-0.4, -0.2) is 21.4 Å². The zero-order valence-electron chi connectivity index (χ0n) is 16.2. The van der Waals surface area contributed by atoms with Crippen molar-refractivity contribution in [2.45, 2.75) is 40.3 Å². The summed E-state index contributed by atoms with van der Waals surface area (Å²) in [4.78, 5) is 22.7. The van der Waals surface area contributed by atoms with Crippen molar-refractivity contribution in [3.63, 3.8) is 0 Å². The number of hydrogen-bond donors (Lipinski definition) is 1. The number of aromatic amines is 1. The molecule has 1 aliphatic rings. The highest BCUT2D eigenvalue weighted by Crippen LogP contribution is 2.21. The van der Waals surface area contributed by atoms with Crippen LogP contribution in [0.1, 0.15) is 33.5 Å². The third kappa shape index (κ3) is 3.71. The number of H-pyrrole nitrogens is 1. The average Bonchev–Trinajstić information content (AvgIpc) is 2.65. The van der Waals surface area contributed by atoms with Gasteiger partial charge in [0, 0.05) is 30.8 Å². The number of fused-ring (bicyclic) bond motifs is 1. The molecule has 4 nitrogen and oxygen atoms in total. The highest BCUT2D eigenvalue weighted by Gasteiger charge is 2.21. The lowest BCUT2D eigenvalue weighted by atomic mass is 10.0. The predicted octanol–water partition coefficient (Wildman–Crippen LogP) is 3.92. The van der Waals surface area contributed by atoms with Crippen LogP contribution in [0.15, 0.2) is 47.3 Å². The Morgan fingerprint density at radius 3 is 2.56 bits per heavy atom. The quantitative estimate of drug-likeness (QED) is 0.771. The van der Waals surface area contributed by atoms with Gasteiger partial charge in [0.05, 0.1) is 5.69 Å². The van der Waals surface area contributed by atoms with Crippen LogP contribution in [0, 0.1) is 20.8 Å². The minimum atomic E-state index is 0.00130. The van der Waals surface area contributed by atoms with E-state index in [0.717, 1.165) is 36.3 Å². The maximum atomic E-state index is 12.6. The molecule has 0 atom stereocenters. The average molecular weight is 359 g/mol. The zero-order valence-corrected chi connectivity index (χ0v) is 16.2. The summed E-state index contributed by atoms with van der Waals surface area (Å²) >= 11 is 0. The molecule has 0 saturated heterocycles. The second kappa shape index (κ2) is 7.12. The summed E-state index contributed by atoms with van der Waals surface area (Å²) in [6, 6.07) is 14.7. The van der Waals surface area contributed by atoms with Gasteiger partial charge in [0.15, 0.2) is 0 Å². The molecule has 1 aromatic heterocycles. The Hall–Kier alpha value is -2.72. The Bertz CT molecular complexity index is 1030. The molecule has 27 heavy (non-hydrogen) atoms. The normalized spacial score (nSPS) is 14.2. The van der Waals surface area contributed by atoms with Crippen LogP contribution < -0.4 is 5.56 Å². The molecule has 1 N–H and O–H groups in total. The molecular formula is C23H25N3O. The van der Waals surface area contributed by atoms with Crippen molar-refractivity contribution in [1.82, 2.24) is 14.9 Å². The van der Waals surface area contributed by atoms with Crippen molar-refractivity contribution in [2.75, 3.05) is 6.54 Å². The minimum Gasteiger partial charge on any atom is -0.306 e. The number of hydrogen-bond acceptors (Lipinski definition) is 3. The summed E-state index contributed by atoms with van der Waals surface area (Å²) in [6.07, 6.45) is 0.747. The molecule has 1 aliphatic heterocycles. The van der Waals surface area contributed by atoms with Gasteiger partial charge in [-0.2, -0.15) is 0 Å². The number of aryl methyl sites for hydroxylation is 3. The van der Waals surface area contributed by atoms with Gasteiger partial charge < -0.3 is 4.98 Å². The Labute approximate surface area is 159 Å². The summed E-state index contributed by atoms with van der Waals surface area (Å²) < 4.78 is 0. The molecule has 138 valence electrons. The molecule has 4 rings (SSSR count). The van der Waals surface area contributed by atoms with Crippen LogP contribution in [-0.2, 0) is 19.5 Å². The standard InChI is InChI=1S/C23H25N3O/c1-15-4-8-19(9-5-15)22-24-21-14-26(11-10-20(21)23(27)25-22)13-18-7-6-16(2)17(3)12-18/h4-9,12H,10-11,13-14H2,1-3H3,(H,24,25,27). The third-order valence-electron chi connectivity index (χ3n) is 5.46. The van der Waals surface area contributed by atoms with Gasteiger partial charge in [0.2, 0.25) is 0 Å². The largest absolute Gasteiger partial charge is 0.306 e. The van der Waals surface area contributed by atoms with Gasteiger partial charge >= 0.3 is 0 Å². The van der Waals surface area contributed by atoms with E-state index >= 15 is 0 Å². The summed E-state index contributed by atoms with van der Waals surface area (Å²) in [7, 11) is 0. The van der Waals surface area contributed by atoms with E-state index in [1.165, 1.54) is 22.3 Å². The molecule has 0 radical (unpaired) electrons. The molecule has 0 unspecified atom stereocenters. The highest BCUT2D eigenvalue weighted by molar-refractivity contribution is 5.55. The van der Waals surface area contributed by atoms with Crippen molar-refractivity contribution in [2.24, 2.45) is 0 Å². The monoisotopic (exact) mass is 359 g/mol. The SMILES string of the molecule is Cc1ccc(-c2nc3c(c(=O)[nH]2)CCN(Cc2ccc(C)c(C)c2)C3)cc1. The second-order valence-corrected chi connectivity index (χ2v) is 7.59. The topological polar surface area (TPSA) is 49.0 Å². The fourth-order valence-electron chi connectivity index (χ4n) is 3.64.